The van der Waals surface area contributed by atoms with E-state index in [1.807, 2.05) is 18.2 Å². The second-order valence-corrected chi connectivity index (χ2v) is 7.75. The standard InChI is InChI=1S/C21H34N2O3/c1-5-13-23(17(4)16(2)3)15-18-7-6-8-19(14-18)26-21(20(24)25)9-11-22-12-10-21/h6-8,14,16-17,22H,5,9-13,15H2,1-4H3,(H,24,25)/t17-/m0/s1. The van der Waals surface area contributed by atoms with E-state index in [1.165, 1.54) is 0 Å². The molecule has 1 aromatic rings. The minimum absolute atomic E-state index is 0.485. The number of piperidine rings is 1. The summed E-state index contributed by atoms with van der Waals surface area (Å²) in [6, 6.07) is 8.42. The number of hydrogen-bond acceptors (Lipinski definition) is 4. The van der Waals surface area contributed by atoms with Gasteiger partial charge in [-0.25, -0.2) is 4.79 Å². The smallest absolute Gasteiger partial charge is 0.348 e. The highest BCUT2D eigenvalue weighted by molar-refractivity contribution is 5.78. The molecule has 0 spiro atoms. The Labute approximate surface area is 157 Å². The Morgan fingerprint density at radius 2 is 2.00 bits per heavy atom. The van der Waals surface area contributed by atoms with Crippen molar-refractivity contribution in [2.75, 3.05) is 19.6 Å². The van der Waals surface area contributed by atoms with Gasteiger partial charge in [0.1, 0.15) is 5.75 Å². The van der Waals surface area contributed by atoms with Crippen LogP contribution in [-0.4, -0.2) is 47.3 Å². The van der Waals surface area contributed by atoms with Gasteiger partial charge in [-0.1, -0.05) is 32.9 Å². The molecule has 26 heavy (non-hydrogen) atoms. The molecule has 0 radical (unpaired) electrons. The van der Waals surface area contributed by atoms with Gasteiger partial charge in [0.25, 0.3) is 0 Å². The predicted molar refractivity (Wildman–Crippen MR) is 105 cm³/mol. The number of carbonyl (C=O) groups is 1. The fraction of sp³-hybridized carbons (Fsp3) is 0.667. The van der Waals surface area contributed by atoms with Crippen molar-refractivity contribution in [1.29, 1.82) is 0 Å². The zero-order chi connectivity index (χ0) is 19.2. The summed E-state index contributed by atoms with van der Waals surface area (Å²) in [5.74, 6) is 0.372. The quantitative estimate of drug-likeness (QED) is 0.704. The zero-order valence-corrected chi connectivity index (χ0v) is 16.6. The summed E-state index contributed by atoms with van der Waals surface area (Å²) in [5, 5.41) is 12.9. The van der Waals surface area contributed by atoms with E-state index >= 15 is 0 Å². The van der Waals surface area contributed by atoms with Crippen molar-refractivity contribution in [2.45, 2.75) is 65.1 Å². The third-order valence-corrected chi connectivity index (χ3v) is 5.45. The van der Waals surface area contributed by atoms with Gasteiger partial charge in [0.15, 0.2) is 0 Å². The first-order valence-corrected chi connectivity index (χ1v) is 9.84. The van der Waals surface area contributed by atoms with Gasteiger partial charge < -0.3 is 15.2 Å². The van der Waals surface area contributed by atoms with Crippen LogP contribution in [0.3, 0.4) is 0 Å². The van der Waals surface area contributed by atoms with Crippen LogP contribution in [-0.2, 0) is 11.3 Å². The van der Waals surface area contributed by atoms with Crippen LogP contribution in [0.2, 0.25) is 0 Å². The number of nitrogens with zero attached hydrogens (tertiary/aromatic N) is 1. The van der Waals surface area contributed by atoms with Gasteiger partial charge in [0.2, 0.25) is 5.60 Å². The number of rotatable bonds is 9. The Bertz CT molecular complexity index is 582. The molecule has 1 aliphatic rings. The molecule has 0 aliphatic carbocycles. The lowest BCUT2D eigenvalue weighted by Crippen LogP contribution is -2.52. The summed E-state index contributed by atoms with van der Waals surface area (Å²) in [6.07, 6.45) is 2.08. The maximum Gasteiger partial charge on any atom is 0.348 e. The lowest BCUT2D eigenvalue weighted by molar-refractivity contribution is -0.157. The van der Waals surface area contributed by atoms with Gasteiger partial charge in [0, 0.05) is 25.4 Å². The molecule has 0 aromatic heterocycles. The molecule has 1 heterocycles. The summed E-state index contributed by atoms with van der Waals surface area (Å²) in [6.45, 7) is 12.2. The molecule has 0 unspecified atom stereocenters. The molecule has 0 bridgehead atoms. The normalized spacial score (nSPS) is 18.1. The highest BCUT2D eigenvalue weighted by Crippen LogP contribution is 2.28. The molecule has 146 valence electrons. The van der Waals surface area contributed by atoms with E-state index in [-0.39, 0.29) is 0 Å². The first-order chi connectivity index (χ1) is 12.4. The minimum atomic E-state index is -1.11. The lowest BCUT2D eigenvalue weighted by atomic mass is 9.92. The molecule has 1 aliphatic heterocycles. The molecule has 1 atom stereocenters. The molecule has 0 amide bonds. The van der Waals surface area contributed by atoms with Gasteiger partial charge >= 0.3 is 5.97 Å². The largest absolute Gasteiger partial charge is 0.478 e. The van der Waals surface area contributed by atoms with Crippen molar-refractivity contribution in [3.8, 4) is 5.75 Å². The number of nitrogens with one attached hydrogen (secondary N) is 1. The molecule has 2 rings (SSSR count). The molecular formula is C21H34N2O3. The maximum atomic E-state index is 11.8. The Morgan fingerprint density at radius 3 is 2.58 bits per heavy atom. The summed E-state index contributed by atoms with van der Waals surface area (Å²) >= 11 is 0. The molecule has 1 fully saturated rings. The monoisotopic (exact) mass is 362 g/mol. The molecule has 5 heteroatoms. The number of carboxylic acids is 1. The van der Waals surface area contributed by atoms with Crippen molar-refractivity contribution >= 4 is 5.97 Å². The predicted octanol–water partition coefficient (Wildman–Crippen LogP) is 3.53. The van der Waals surface area contributed by atoms with E-state index < -0.39 is 11.6 Å². The molecule has 1 aromatic carbocycles. The van der Waals surface area contributed by atoms with Crippen LogP contribution in [0, 0.1) is 5.92 Å². The van der Waals surface area contributed by atoms with Crippen LogP contribution in [0.25, 0.3) is 0 Å². The van der Waals surface area contributed by atoms with Gasteiger partial charge in [-0.2, -0.15) is 0 Å². The van der Waals surface area contributed by atoms with Gasteiger partial charge in [0.05, 0.1) is 0 Å². The first-order valence-electron chi connectivity index (χ1n) is 9.84. The van der Waals surface area contributed by atoms with Crippen molar-refractivity contribution in [1.82, 2.24) is 10.2 Å². The fourth-order valence-electron chi connectivity index (χ4n) is 3.49. The Morgan fingerprint density at radius 1 is 1.31 bits per heavy atom. The van der Waals surface area contributed by atoms with E-state index in [0.29, 0.717) is 43.6 Å². The Balaban J connectivity index is 2.14. The van der Waals surface area contributed by atoms with Crippen LogP contribution in [0.5, 0.6) is 5.75 Å². The maximum absolute atomic E-state index is 11.8. The zero-order valence-electron chi connectivity index (χ0n) is 16.6. The number of hydrogen-bond donors (Lipinski definition) is 2. The van der Waals surface area contributed by atoms with Gasteiger partial charge in [-0.05, 0) is 56.6 Å². The SMILES string of the molecule is CCCN(Cc1cccc(OC2(C(=O)O)CCNCC2)c1)[C@@H](C)C(C)C. The van der Waals surface area contributed by atoms with E-state index in [2.05, 4.69) is 44.0 Å². The second-order valence-electron chi connectivity index (χ2n) is 7.75. The molecule has 5 nitrogen and oxygen atoms in total. The molecule has 0 saturated carbocycles. The number of benzene rings is 1. The van der Waals surface area contributed by atoms with Crippen LogP contribution in [0.4, 0.5) is 0 Å². The number of ether oxygens (including phenoxy) is 1. The van der Waals surface area contributed by atoms with Crippen molar-refractivity contribution in [3.05, 3.63) is 29.8 Å². The average Bonchev–Trinajstić information content (AvgIpc) is 2.61. The third-order valence-electron chi connectivity index (χ3n) is 5.45. The van der Waals surface area contributed by atoms with Crippen molar-refractivity contribution < 1.29 is 14.6 Å². The van der Waals surface area contributed by atoms with Crippen LogP contribution >= 0.6 is 0 Å². The second kappa shape index (κ2) is 9.38. The summed E-state index contributed by atoms with van der Waals surface area (Å²) in [7, 11) is 0. The Kier molecular flexibility index (Phi) is 7.47. The fourth-order valence-corrected chi connectivity index (χ4v) is 3.49. The van der Waals surface area contributed by atoms with E-state index in [9.17, 15) is 9.90 Å². The number of carboxylic acid groups (broad SMARTS) is 1. The summed E-state index contributed by atoms with van der Waals surface area (Å²) < 4.78 is 6.04. The average molecular weight is 363 g/mol. The first kappa shape index (κ1) is 20.7. The lowest BCUT2D eigenvalue weighted by Gasteiger charge is -2.34. The molecular weight excluding hydrogens is 328 g/mol. The summed E-state index contributed by atoms with van der Waals surface area (Å²) in [4.78, 5) is 14.3. The third kappa shape index (κ3) is 5.21. The molecule has 2 N–H and O–H groups in total. The van der Waals surface area contributed by atoms with Gasteiger partial charge in [-0.15, -0.1) is 0 Å². The summed E-state index contributed by atoms with van der Waals surface area (Å²) in [5.41, 5.74) is 0.0519. The van der Waals surface area contributed by atoms with Crippen molar-refractivity contribution in [2.24, 2.45) is 5.92 Å². The van der Waals surface area contributed by atoms with Crippen LogP contribution < -0.4 is 10.1 Å². The number of aliphatic carboxylic acids is 1. The van der Waals surface area contributed by atoms with E-state index in [4.69, 9.17) is 4.74 Å². The highest BCUT2D eigenvalue weighted by atomic mass is 16.5. The Hall–Kier alpha value is -1.59. The molecule has 1 saturated heterocycles. The van der Waals surface area contributed by atoms with Gasteiger partial charge in [-0.3, -0.25) is 4.90 Å². The minimum Gasteiger partial charge on any atom is -0.478 e. The van der Waals surface area contributed by atoms with Crippen LogP contribution in [0.15, 0.2) is 24.3 Å². The van der Waals surface area contributed by atoms with E-state index in [0.717, 1.165) is 25.1 Å². The van der Waals surface area contributed by atoms with Crippen LogP contribution in [0.1, 0.15) is 52.5 Å². The van der Waals surface area contributed by atoms with E-state index in [1.54, 1.807) is 0 Å². The topological polar surface area (TPSA) is 61.8 Å². The highest BCUT2D eigenvalue weighted by Gasteiger charge is 2.42. The van der Waals surface area contributed by atoms with Crippen molar-refractivity contribution in [3.63, 3.8) is 0 Å².